The minimum absolute atomic E-state index is 0.280. The molecule has 0 saturated heterocycles. The molecule has 5 nitrogen and oxygen atoms in total. The average Bonchev–Trinajstić information content (AvgIpc) is 2.98. The largest absolute Gasteiger partial charge is 0.408 e. The van der Waals surface area contributed by atoms with Crippen LogP contribution in [0.5, 0.6) is 0 Å². The maximum atomic E-state index is 13.5. The summed E-state index contributed by atoms with van der Waals surface area (Å²) in [5.41, 5.74) is 1.99. The van der Waals surface area contributed by atoms with Crippen LogP contribution in [0.4, 0.5) is 17.6 Å². The van der Waals surface area contributed by atoms with Crippen molar-refractivity contribution in [1.82, 2.24) is 19.9 Å². The Balaban J connectivity index is 2.04. The van der Waals surface area contributed by atoms with Crippen LogP contribution in [0.3, 0.4) is 0 Å². The zero-order valence-electron chi connectivity index (χ0n) is 13.8. The molecule has 0 fully saturated rings. The third-order valence-corrected chi connectivity index (χ3v) is 3.86. The van der Waals surface area contributed by atoms with Crippen molar-refractivity contribution in [3.05, 3.63) is 53.7 Å². The number of nitrogens with zero attached hydrogens (tertiary/aromatic N) is 3. The van der Waals surface area contributed by atoms with E-state index < -0.39 is 23.9 Å². The van der Waals surface area contributed by atoms with Gasteiger partial charge in [-0.3, -0.25) is 4.79 Å². The van der Waals surface area contributed by atoms with Gasteiger partial charge in [0.25, 0.3) is 5.91 Å². The van der Waals surface area contributed by atoms with Gasteiger partial charge >= 0.3 is 6.18 Å². The number of carbonyl (C=O) groups is 1. The molecule has 1 amide bonds. The molecule has 3 aromatic rings. The molecule has 26 heavy (non-hydrogen) atoms. The van der Waals surface area contributed by atoms with Crippen molar-refractivity contribution in [2.45, 2.75) is 26.1 Å². The van der Waals surface area contributed by atoms with Crippen LogP contribution < -0.4 is 5.32 Å². The fourth-order valence-corrected chi connectivity index (χ4v) is 2.42. The minimum atomic E-state index is -4.57. The zero-order valence-corrected chi connectivity index (χ0v) is 13.8. The minimum Gasteiger partial charge on any atom is -0.338 e. The number of nitrogens with one attached hydrogen (secondary N) is 1. The number of halogens is 4. The Kier molecular flexibility index (Phi) is 4.39. The lowest BCUT2D eigenvalue weighted by Crippen LogP contribution is -2.43. The maximum Gasteiger partial charge on any atom is 0.408 e. The molecule has 0 saturated carbocycles. The Hall–Kier alpha value is -2.97. The Morgan fingerprint density at radius 3 is 2.65 bits per heavy atom. The van der Waals surface area contributed by atoms with E-state index in [9.17, 15) is 22.4 Å². The second kappa shape index (κ2) is 6.40. The highest BCUT2D eigenvalue weighted by Gasteiger charge is 2.37. The molecule has 1 aromatic carbocycles. The Bertz CT molecular complexity index is 981. The fourth-order valence-electron chi connectivity index (χ4n) is 2.42. The van der Waals surface area contributed by atoms with Gasteiger partial charge in [0.2, 0.25) is 5.82 Å². The number of hydrogen-bond donors (Lipinski definition) is 1. The number of fused-ring (bicyclic) bond motifs is 1. The van der Waals surface area contributed by atoms with E-state index in [4.69, 9.17) is 0 Å². The van der Waals surface area contributed by atoms with Gasteiger partial charge in [-0.05, 0) is 37.6 Å². The fraction of sp³-hybridized carbons (Fsp3) is 0.235. The van der Waals surface area contributed by atoms with E-state index in [1.165, 1.54) is 24.4 Å². The third kappa shape index (κ3) is 3.37. The summed E-state index contributed by atoms with van der Waals surface area (Å²) in [6.45, 7) is 2.58. The van der Waals surface area contributed by atoms with Crippen LogP contribution in [-0.2, 0) is 0 Å². The first-order chi connectivity index (χ1) is 12.2. The summed E-state index contributed by atoms with van der Waals surface area (Å²) in [7, 11) is 0. The van der Waals surface area contributed by atoms with E-state index >= 15 is 0 Å². The Labute approximate surface area is 145 Å². The summed E-state index contributed by atoms with van der Waals surface area (Å²) in [4.78, 5) is 16.1. The molecule has 1 atom stereocenters. The summed E-state index contributed by atoms with van der Waals surface area (Å²) >= 11 is 0. The summed E-state index contributed by atoms with van der Waals surface area (Å²) in [6.07, 6.45) is -3.22. The first kappa shape index (κ1) is 17.8. The van der Waals surface area contributed by atoms with Crippen molar-refractivity contribution in [2.24, 2.45) is 0 Å². The Morgan fingerprint density at radius 2 is 2.00 bits per heavy atom. The molecule has 0 radical (unpaired) electrons. The van der Waals surface area contributed by atoms with Crippen LogP contribution >= 0.6 is 0 Å². The van der Waals surface area contributed by atoms with Crippen molar-refractivity contribution in [2.75, 3.05) is 0 Å². The van der Waals surface area contributed by atoms with Crippen LogP contribution in [0.15, 0.2) is 36.5 Å². The first-order valence-electron chi connectivity index (χ1n) is 7.65. The van der Waals surface area contributed by atoms with Gasteiger partial charge in [-0.25, -0.2) is 13.9 Å². The highest BCUT2D eigenvalue weighted by Crippen LogP contribution is 2.23. The molecular formula is C17H14F4N4O. The average molecular weight is 366 g/mol. The van der Waals surface area contributed by atoms with Gasteiger partial charge in [-0.2, -0.15) is 18.3 Å². The number of carbonyl (C=O) groups excluding carboxylic acids is 1. The third-order valence-electron chi connectivity index (χ3n) is 3.86. The van der Waals surface area contributed by atoms with E-state index in [1.807, 2.05) is 5.32 Å². The molecule has 0 aliphatic rings. The maximum absolute atomic E-state index is 13.5. The van der Waals surface area contributed by atoms with Crippen molar-refractivity contribution >= 4 is 11.4 Å². The SMILES string of the molecule is Cc1cc(-c2cccc(F)c2)nn2c(C(=O)NC(C)C(F)(F)F)ncc12. The molecule has 0 bridgehead atoms. The Morgan fingerprint density at radius 1 is 1.27 bits per heavy atom. The normalized spacial score (nSPS) is 13.0. The van der Waals surface area contributed by atoms with E-state index in [-0.39, 0.29) is 5.82 Å². The van der Waals surface area contributed by atoms with Gasteiger partial charge in [0, 0.05) is 5.56 Å². The summed E-state index contributed by atoms with van der Waals surface area (Å²) in [5, 5.41) is 6.10. The van der Waals surface area contributed by atoms with E-state index in [0.29, 0.717) is 22.3 Å². The van der Waals surface area contributed by atoms with Crippen molar-refractivity contribution in [3.8, 4) is 11.3 Å². The van der Waals surface area contributed by atoms with E-state index in [1.54, 1.807) is 19.1 Å². The molecule has 136 valence electrons. The standard InChI is InChI=1S/C17H14F4N4O/c1-9-6-13(11-4-3-5-12(18)7-11)24-25-14(9)8-22-15(25)16(26)23-10(2)17(19,20)21/h3-8,10H,1-2H3,(H,23,26). The molecular weight excluding hydrogens is 352 g/mol. The van der Waals surface area contributed by atoms with Crippen molar-refractivity contribution in [1.29, 1.82) is 0 Å². The lowest BCUT2D eigenvalue weighted by Gasteiger charge is -2.16. The zero-order chi connectivity index (χ0) is 19.1. The van der Waals surface area contributed by atoms with Gasteiger partial charge < -0.3 is 5.32 Å². The number of aromatic nitrogens is 3. The van der Waals surface area contributed by atoms with Crippen LogP contribution in [0.1, 0.15) is 23.1 Å². The second-order valence-corrected chi connectivity index (χ2v) is 5.84. The molecule has 1 unspecified atom stereocenters. The molecule has 2 heterocycles. The molecule has 9 heteroatoms. The molecule has 2 aromatic heterocycles. The summed E-state index contributed by atoms with van der Waals surface area (Å²) in [5.74, 6) is -1.74. The van der Waals surface area contributed by atoms with E-state index in [0.717, 1.165) is 11.4 Å². The lowest BCUT2D eigenvalue weighted by atomic mass is 10.1. The van der Waals surface area contributed by atoms with Gasteiger partial charge in [0.05, 0.1) is 17.4 Å². The van der Waals surface area contributed by atoms with E-state index in [2.05, 4.69) is 10.1 Å². The topological polar surface area (TPSA) is 59.3 Å². The van der Waals surface area contributed by atoms with Crippen LogP contribution in [0.2, 0.25) is 0 Å². The number of hydrogen-bond acceptors (Lipinski definition) is 3. The smallest absolute Gasteiger partial charge is 0.338 e. The predicted octanol–water partition coefficient (Wildman–Crippen LogP) is 3.52. The number of amides is 1. The van der Waals surface area contributed by atoms with Crippen LogP contribution in [-0.4, -0.2) is 32.7 Å². The van der Waals surface area contributed by atoms with Crippen molar-refractivity contribution < 1.29 is 22.4 Å². The number of benzene rings is 1. The van der Waals surface area contributed by atoms with Gasteiger partial charge in [-0.1, -0.05) is 12.1 Å². The first-order valence-corrected chi connectivity index (χ1v) is 7.65. The molecule has 1 N–H and O–H groups in total. The van der Waals surface area contributed by atoms with Crippen LogP contribution in [0, 0.1) is 12.7 Å². The predicted molar refractivity (Wildman–Crippen MR) is 86.1 cm³/mol. The van der Waals surface area contributed by atoms with Crippen LogP contribution in [0.25, 0.3) is 16.8 Å². The van der Waals surface area contributed by atoms with Gasteiger partial charge in [0.1, 0.15) is 11.9 Å². The summed E-state index contributed by atoms with van der Waals surface area (Å²) in [6, 6.07) is 5.36. The molecule has 0 aliphatic carbocycles. The monoisotopic (exact) mass is 366 g/mol. The molecule has 0 spiro atoms. The summed E-state index contributed by atoms with van der Waals surface area (Å²) < 4.78 is 52.6. The number of rotatable bonds is 3. The lowest BCUT2D eigenvalue weighted by molar-refractivity contribution is -0.149. The molecule has 3 rings (SSSR count). The highest BCUT2D eigenvalue weighted by atomic mass is 19.4. The number of alkyl halides is 3. The highest BCUT2D eigenvalue weighted by molar-refractivity contribution is 5.92. The van der Waals surface area contributed by atoms with Gasteiger partial charge in [-0.15, -0.1) is 0 Å². The van der Waals surface area contributed by atoms with Gasteiger partial charge in [0.15, 0.2) is 0 Å². The quantitative estimate of drug-likeness (QED) is 0.722. The van der Waals surface area contributed by atoms with Crippen molar-refractivity contribution in [3.63, 3.8) is 0 Å². The number of aryl methyl sites for hydroxylation is 1. The molecule has 0 aliphatic heterocycles. The second-order valence-electron chi connectivity index (χ2n) is 5.84. The number of imidazole rings is 1.